The molecule has 0 spiro atoms. The van der Waals surface area contributed by atoms with Crippen molar-refractivity contribution in [2.45, 2.75) is 13.5 Å². The van der Waals surface area contributed by atoms with Gasteiger partial charge in [0, 0.05) is 17.2 Å². The number of amides is 2. The van der Waals surface area contributed by atoms with Gasteiger partial charge in [-0.2, -0.15) is 0 Å². The van der Waals surface area contributed by atoms with Gasteiger partial charge < -0.3 is 20.0 Å². The molecule has 0 unspecified atom stereocenters. The zero-order valence-corrected chi connectivity index (χ0v) is 16.9. The number of hydrogen-bond acceptors (Lipinski definition) is 6. The predicted molar refractivity (Wildman–Crippen MR) is 115 cm³/mol. The number of hydrogen-bond donors (Lipinski definition) is 3. The third-order valence-corrected chi connectivity index (χ3v) is 5.33. The van der Waals surface area contributed by atoms with Crippen molar-refractivity contribution in [3.8, 4) is 11.3 Å². The van der Waals surface area contributed by atoms with Crippen LogP contribution in [-0.2, 0) is 11.3 Å². The van der Waals surface area contributed by atoms with Crippen molar-refractivity contribution < 1.29 is 14.0 Å². The Morgan fingerprint density at radius 2 is 2.07 bits per heavy atom. The molecule has 0 radical (unpaired) electrons. The largest absolute Gasteiger partial charge is 0.457 e. The number of imidazole rings is 1. The molecule has 2 aromatic heterocycles. The Hall–Kier alpha value is -3.17. The lowest BCUT2D eigenvalue weighted by Crippen LogP contribution is -2.22. The van der Waals surface area contributed by atoms with Crippen molar-refractivity contribution in [1.82, 2.24) is 20.6 Å². The first-order chi connectivity index (χ1) is 14.0. The van der Waals surface area contributed by atoms with E-state index < -0.39 is 0 Å². The Morgan fingerprint density at radius 1 is 1.28 bits per heavy atom. The molecule has 0 bridgehead atoms. The summed E-state index contributed by atoms with van der Waals surface area (Å²) >= 11 is 6.18. The molecule has 0 saturated carbocycles. The first-order valence-corrected chi connectivity index (χ1v) is 9.94. The van der Waals surface area contributed by atoms with Crippen molar-refractivity contribution in [3.05, 3.63) is 70.3 Å². The maximum atomic E-state index is 12.3. The molecule has 7 nitrogen and oxygen atoms in total. The Kier molecular flexibility index (Phi) is 5.32. The average Bonchev–Trinajstić information content (AvgIpc) is 3.41. The van der Waals surface area contributed by atoms with E-state index >= 15 is 0 Å². The van der Waals surface area contributed by atoms with Crippen LogP contribution in [0, 0.1) is 6.92 Å². The van der Waals surface area contributed by atoms with Crippen LogP contribution in [-0.4, -0.2) is 26.1 Å². The van der Waals surface area contributed by atoms with Crippen LogP contribution < -0.4 is 10.6 Å². The fourth-order valence-electron chi connectivity index (χ4n) is 2.76. The van der Waals surface area contributed by atoms with Crippen molar-refractivity contribution in [2.75, 3.05) is 0 Å². The van der Waals surface area contributed by atoms with Crippen LogP contribution in [0.15, 0.2) is 51.9 Å². The van der Waals surface area contributed by atoms with Gasteiger partial charge in [-0.15, -0.1) is 0 Å². The van der Waals surface area contributed by atoms with Crippen molar-refractivity contribution in [1.29, 1.82) is 0 Å². The summed E-state index contributed by atoms with van der Waals surface area (Å²) < 4.78 is 6.23. The van der Waals surface area contributed by atoms with E-state index in [9.17, 15) is 9.59 Å². The number of thioether (sulfide) groups is 1. The first-order valence-electron chi connectivity index (χ1n) is 8.72. The Bertz CT molecular complexity index is 1130. The molecule has 0 atom stereocenters. The number of aryl methyl sites for hydroxylation is 1. The fraction of sp³-hybridized carbons (Fsp3) is 0.100. The third-order valence-electron chi connectivity index (χ3n) is 4.17. The summed E-state index contributed by atoms with van der Waals surface area (Å²) in [5.74, 6) is 1.61. The molecule has 1 fully saturated rings. The minimum absolute atomic E-state index is 0.172. The monoisotopic (exact) mass is 424 g/mol. The topological polar surface area (TPSA) is 100 Å². The van der Waals surface area contributed by atoms with E-state index in [4.69, 9.17) is 16.6 Å². The van der Waals surface area contributed by atoms with Crippen LogP contribution in [0.25, 0.3) is 17.4 Å². The molecule has 4 rings (SSSR count). The van der Waals surface area contributed by atoms with Gasteiger partial charge in [0.05, 0.1) is 23.3 Å². The third kappa shape index (κ3) is 4.47. The molecule has 29 heavy (non-hydrogen) atoms. The van der Waals surface area contributed by atoms with E-state index in [0.717, 1.165) is 17.1 Å². The fourth-order valence-corrected chi connectivity index (χ4v) is 3.79. The number of benzene rings is 1. The average molecular weight is 425 g/mol. The number of aromatic nitrogens is 2. The van der Waals surface area contributed by atoms with Crippen molar-refractivity contribution in [3.63, 3.8) is 0 Å². The smallest absolute Gasteiger partial charge is 0.263 e. The van der Waals surface area contributed by atoms with Crippen molar-refractivity contribution in [2.24, 2.45) is 0 Å². The van der Waals surface area contributed by atoms with Gasteiger partial charge in [-0.3, -0.25) is 9.59 Å². The number of nitrogens with one attached hydrogen (secondary N) is 3. The first kappa shape index (κ1) is 19.2. The quantitative estimate of drug-likeness (QED) is 0.429. The molecular formula is C20H16N4O3S2. The van der Waals surface area contributed by atoms with Gasteiger partial charge in [0.15, 0.2) is 0 Å². The minimum Gasteiger partial charge on any atom is -0.457 e. The molecule has 3 heterocycles. The normalized spacial score (nSPS) is 15.0. The van der Waals surface area contributed by atoms with E-state index in [1.54, 1.807) is 30.5 Å². The number of rotatable bonds is 5. The maximum Gasteiger partial charge on any atom is 0.263 e. The van der Waals surface area contributed by atoms with Crippen LogP contribution in [0.3, 0.4) is 0 Å². The van der Waals surface area contributed by atoms with E-state index in [2.05, 4.69) is 20.6 Å². The van der Waals surface area contributed by atoms with Gasteiger partial charge in [-0.1, -0.05) is 36.1 Å². The van der Waals surface area contributed by atoms with Crippen LogP contribution in [0.1, 0.15) is 27.6 Å². The van der Waals surface area contributed by atoms with Gasteiger partial charge >= 0.3 is 0 Å². The van der Waals surface area contributed by atoms with Crippen LogP contribution in [0.5, 0.6) is 0 Å². The highest BCUT2D eigenvalue weighted by atomic mass is 32.2. The summed E-state index contributed by atoms with van der Waals surface area (Å²) in [5.41, 5.74) is 2.22. The van der Waals surface area contributed by atoms with Crippen LogP contribution >= 0.6 is 24.0 Å². The number of aromatic amines is 1. The summed E-state index contributed by atoms with van der Waals surface area (Å²) in [6.45, 7) is 2.24. The Labute approximate surface area is 176 Å². The molecule has 9 heteroatoms. The lowest BCUT2D eigenvalue weighted by Gasteiger charge is -2.04. The summed E-state index contributed by atoms with van der Waals surface area (Å²) in [7, 11) is 0. The zero-order chi connectivity index (χ0) is 20.4. The number of thiocarbonyl (C=S) groups is 1. The predicted octanol–water partition coefficient (Wildman–Crippen LogP) is 3.40. The van der Waals surface area contributed by atoms with E-state index in [1.165, 1.54) is 11.8 Å². The molecule has 1 aliphatic heterocycles. The molecule has 3 aromatic rings. The minimum atomic E-state index is -0.224. The van der Waals surface area contributed by atoms with E-state index in [0.29, 0.717) is 32.9 Å². The van der Waals surface area contributed by atoms with E-state index in [1.807, 2.05) is 25.1 Å². The highest BCUT2D eigenvalue weighted by Crippen LogP contribution is 2.28. The van der Waals surface area contributed by atoms with Gasteiger partial charge in [0.25, 0.3) is 11.8 Å². The zero-order valence-electron chi connectivity index (χ0n) is 15.3. The second-order valence-electron chi connectivity index (χ2n) is 6.31. The second kappa shape index (κ2) is 8.06. The molecule has 3 N–H and O–H groups in total. The summed E-state index contributed by atoms with van der Waals surface area (Å²) in [4.78, 5) is 31.7. The van der Waals surface area contributed by atoms with Crippen molar-refractivity contribution >= 4 is 46.2 Å². The second-order valence-corrected chi connectivity index (χ2v) is 8.03. The summed E-state index contributed by atoms with van der Waals surface area (Å²) in [6, 6.07) is 10.7. The molecular weight excluding hydrogens is 408 g/mol. The maximum absolute atomic E-state index is 12.3. The summed E-state index contributed by atoms with van der Waals surface area (Å²) in [5, 5.41) is 5.41. The number of nitrogens with zero attached hydrogens (tertiary/aromatic N) is 1. The highest BCUT2D eigenvalue weighted by Gasteiger charge is 2.22. The molecule has 1 aliphatic rings. The molecule has 1 saturated heterocycles. The van der Waals surface area contributed by atoms with E-state index in [-0.39, 0.29) is 11.8 Å². The summed E-state index contributed by atoms with van der Waals surface area (Å²) in [6.07, 6.45) is 3.35. The number of furan rings is 1. The number of carbonyl (C=O) groups excluding carboxylic acids is 2. The lowest BCUT2D eigenvalue weighted by atomic mass is 10.1. The van der Waals surface area contributed by atoms with Gasteiger partial charge in [0.1, 0.15) is 21.7 Å². The molecule has 1 aromatic carbocycles. The van der Waals surface area contributed by atoms with Gasteiger partial charge in [-0.05, 0) is 31.2 Å². The van der Waals surface area contributed by atoms with Crippen LogP contribution in [0.2, 0.25) is 0 Å². The van der Waals surface area contributed by atoms with Crippen LogP contribution in [0.4, 0.5) is 0 Å². The Morgan fingerprint density at radius 3 is 2.72 bits per heavy atom. The molecule has 2 amide bonds. The number of H-pyrrole nitrogens is 1. The Balaban J connectivity index is 1.42. The SMILES string of the molecule is Cc1ncc(CNC(=O)c2ccc(-c3ccc(C=C4SC(=S)NC4=O)o3)cc2)[nH]1. The number of carbonyl (C=O) groups is 2. The lowest BCUT2D eigenvalue weighted by molar-refractivity contribution is -0.115. The molecule has 0 aliphatic carbocycles. The van der Waals surface area contributed by atoms with Gasteiger partial charge in [-0.25, -0.2) is 4.98 Å². The standard InChI is InChI=1S/C20H16N4O3S2/c1-11-21-9-14(23-11)10-22-18(25)13-4-2-12(3-5-13)16-7-6-15(27-16)8-17-19(26)24-20(28)29-17/h2-9H,10H2,1H3,(H,21,23)(H,22,25)(H,24,26,28). The molecule has 146 valence electrons. The van der Waals surface area contributed by atoms with Gasteiger partial charge in [0.2, 0.25) is 0 Å². The highest BCUT2D eigenvalue weighted by molar-refractivity contribution is 8.26.